The molecule has 1 aliphatic rings. The number of fused-ring (bicyclic) bond motifs is 1. The van der Waals surface area contributed by atoms with Crippen LogP contribution in [-0.2, 0) is 24.4 Å². The van der Waals surface area contributed by atoms with Crippen molar-refractivity contribution in [3.8, 4) is 10.4 Å². The zero-order chi connectivity index (χ0) is 17.4. The number of benzene rings is 1. The Balaban J connectivity index is 1.57. The molecule has 128 valence electrons. The van der Waals surface area contributed by atoms with Crippen LogP contribution in [0.2, 0.25) is 0 Å². The second kappa shape index (κ2) is 6.42. The summed E-state index contributed by atoms with van der Waals surface area (Å²) in [4.78, 5) is 16.0. The molecular weight excluding hydrogens is 336 g/mol. The average Bonchev–Trinajstić information content (AvgIpc) is 3.22. The molecule has 0 amide bonds. The Kier molecular flexibility index (Phi) is 4.10. The third kappa shape index (κ3) is 3.08. The predicted molar refractivity (Wildman–Crippen MR) is 95.2 cm³/mol. The highest BCUT2D eigenvalue weighted by atomic mass is 32.1. The van der Waals surface area contributed by atoms with E-state index in [2.05, 4.69) is 34.5 Å². The molecule has 1 N–H and O–H groups in total. The highest BCUT2D eigenvalue weighted by Gasteiger charge is 2.33. The number of hydrogen-bond acceptors (Lipinski definition) is 5. The Hall–Kier alpha value is -2.51. The third-order valence-electron chi connectivity index (χ3n) is 4.52. The van der Waals surface area contributed by atoms with Crippen LogP contribution < -0.4 is 0 Å². The van der Waals surface area contributed by atoms with Crippen molar-refractivity contribution in [3.63, 3.8) is 0 Å². The maximum Gasteiger partial charge on any atom is 0.322 e. The number of carboxylic acid groups (broad SMARTS) is 1. The first-order valence-corrected chi connectivity index (χ1v) is 8.93. The fourth-order valence-corrected chi connectivity index (χ4v) is 4.22. The van der Waals surface area contributed by atoms with Crippen molar-refractivity contribution in [2.24, 2.45) is 0 Å². The number of hydrogen-bond donors (Lipinski definition) is 1. The molecule has 2 aromatic heterocycles. The number of aliphatic carboxylic acids is 1. The molecule has 0 saturated carbocycles. The normalized spacial score (nSPS) is 17.4. The lowest BCUT2D eigenvalue weighted by atomic mass is 10.1. The predicted octanol–water partition coefficient (Wildman–Crippen LogP) is 2.78. The summed E-state index contributed by atoms with van der Waals surface area (Å²) < 4.78 is 1.90. The molecule has 0 radical (unpaired) electrons. The van der Waals surface area contributed by atoms with Crippen LogP contribution in [0.5, 0.6) is 0 Å². The minimum Gasteiger partial charge on any atom is -0.480 e. The fourth-order valence-electron chi connectivity index (χ4n) is 3.18. The largest absolute Gasteiger partial charge is 0.480 e. The number of carbonyl (C=O) groups is 1. The van der Waals surface area contributed by atoms with Gasteiger partial charge in [-0.05, 0) is 24.6 Å². The van der Waals surface area contributed by atoms with Crippen molar-refractivity contribution >= 4 is 17.3 Å². The first kappa shape index (κ1) is 16.0. The summed E-state index contributed by atoms with van der Waals surface area (Å²) in [7, 11) is 0. The molecule has 25 heavy (non-hydrogen) atoms. The maximum absolute atomic E-state index is 11.7. The molecule has 1 unspecified atom stereocenters. The third-order valence-corrected chi connectivity index (χ3v) is 5.64. The maximum atomic E-state index is 11.7. The number of aromatic nitrogens is 3. The highest BCUT2D eigenvalue weighted by Crippen LogP contribution is 2.30. The number of carboxylic acids is 1. The van der Waals surface area contributed by atoms with Crippen molar-refractivity contribution in [2.75, 3.05) is 0 Å². The van der Waals surface area contributed by atoms with E-state index in [4.69, 9.17) is 0 Å². The summed E-state index contributed by atoms with van der Waals surface area (Å²) in [5.41, 5.74) is 1.18. The molecule has 7 heteroatoms. The van der Waals surface area contributed by atoms with Gasteiger partial charge in [-0.3, -0.25) is 9.69 Å². The van der Waals surface area contributed by atoms with Crippen molar-refractivity contribution in [3.05, 3.63) is 59.0 Å². The van der Waals surface area contributed by atoms with Gasteiger partial charge in [0.05, 0.1) is 13.1 Å². The van der Waals surface area contributed by atoms with E-state index in [0.717, 1.165) is 16.5 Å². The Bertz CT molecular complexity index is 903. The van der Waals surface area contributed by atoms with E-state index in [1.54, 1.807) is 11.3 Å². The molecule has 1 atom stereocenters. The van der Waals surface area contributed by atoms with E-state index in [9.17, 15) is 9.90 Å². The summed E-state index contributed by atoms with van der Waals surface area (Å²) in [5, 5.41) is 17.9. The summed E-state index contributed by atoms with van der Waals surface area (Å²) in [6.07, 6.45) is 0. The molecule has 3 heterocycles. The van der Waals surface area contributed by atoms with Crippen molar-refractivity contribution in [1.29, 1.82) is 0 Å². The van der Waals surface area contributed by atoms with Crippen molar-refractivity contribution in [2.45, 2.75) is 32.6 Å². The summed E-state index contributed by atoms with van der Waals surface area (Å²) in [5.74, 6) is 0.789. The smallest absolute Gasteiger partial charge is 0.322 e. The number of rotatable bonds is 4. The van der Waals surface area contributed by atoms with E-state index in [0.29, 0.717) is 19.6 Å². The standard InChI is InChI=1S/C18H18N4O2S/c1-12-19-20-17-11-21(15(18(23)24)10-22(12)17)9-14-7-8-16(25-14)13-5-3-2-4-6-13/h2-8,15H,9-11H2,1H3,(H,23,24). The Labute approximate surface area is 149 Å². The van der Waals surface area contributed by atoms with Gasteiger partial charge in [-0.25, -0.2) is 0 Å². The lowest BCUT2D eigenvalue weighted by Gasteiger charge is -2.33. The van der Waals surface area contributed by atoms with Gasteiger partial charge in [0.15, 0.2) is 0 Å². The number of nitrogens with zero attached hydrogens (tertiary/aromatic N) is 4. The molecule has 0 spiro atoms. The lowest BCUT2D eigenvalue weighted by molar-refractivity contribution is -0.145. The minimum absolute atomic E-state index is 0.389. The van der Waals surface area contributed by atoms with Crippen LogP contribution in [0.25, 0.3) is 10.4 Å². The van der Waals surface area contributed by atoms with Gasteiger partial charge in [-0.15, -0.1) is 21.5 Å². The molecule has 0 fully saturated rings. The first-order chi connectivity index (χ1) is 12.1. The van der Waals surface area contributed by atoms with Crippen LogP contribution in [0.4, 0.5) is 0 Å². The molecule has 1 aromatic carbocycles. The fraction of sp³-hybridized carbons (Fsp3) is 0.278. The SMILES string of the molecule is Cc1nnc2n1CC(C(=O)O)N(Cc1ccc(-c3ccccc3)s1)C2. The number of thiophene rings is 1. The molecule has 1 aliphatic heterocycles. The Morgan fingerprint density at radius 1 is 1.24 bits per heavy atom. The Morgan fingerprint density at radius 3 is 2.80 bits per heavy atom. The van der Waals surface area contributed by atoms with E-state index in [-0.39, 0.29) is 0 Å². The van der Waals surface area contributed by atoms with Crippen molar-refractivity contribution < 1.29 is 9.90 Å². The molecule has 0 bridgehead atoms. The Morgan fingerprint density at radius 2 is 2.04 bits per heavy atom. The molecular formula is C18H18N4O2S. The molecule has 0 aliphatic carbocycles. The molecule has 3 aromatic rings. The number of aryl methyl sites for hydroxylation is 1. The lowest BCUT2D eigenvalue weighted by Crippen LogP contribution is -2.47. The van der Waals surface area contributed by atoms with Gasteiger partial charge >= 0.3 is 5.97 Å². The highest BCUT2D eigenvalue weighted by molar-refractivity contribution is 7.15. The van der Waals surface area contributed by atoms with E-state index < -0.39 is 12.0 Å². The van der Waals surface area contributed by atoms with Gasteiger partial charge in [-0.2, -0.15) is 0 Å². The van der Waals surface area contributed by atoms with Crippen molar-refractivity contribution in [1.82, 2.24) is 19.7 Å². The van der Waals surface area contributed by atoms with Crippen LogP contribution in [0.1, 0.15) is 16.5 Å². The van der Waals surface area contributed by atoms with E-state index in [1.165, 1.54) is 10.4 Å². The minimum atomic E-state index is -0.807. The van der Waals surface area contributed by atoms with Crippen LogP contribution in [-0.4, -0.2) is 36.8 Å². The molecule has 6 nitrogen and oxygen atoms in total. The monoisotopic (exact) mass is 354 g/mol. The van der Waals surface area contributed by atoms with Gasteiger partial charge in [0.1, 0.15) is 17.7 Å². The van der Waals surface area contributed by atoms with Crippen LogP contribution >= 0.6 is 11.3 Å². The molecule has 0 saturated heterocycles. The summed E-state index contributed by atoms with van der Waals surface area (Å²) in [6, 6.07) is 13.8. The first-order valence-electron chi connectivity index (χ1n) is 8.11. The van der Waals surface area contributed by atoms with Gasteiger partial charge in [0.2, 0.25) is 0 Å². The van der Waals surface area contributed by atoms with Crippen LogP contribution in [0.3, 0.4) is 0 Å². The zero-order valence-corrected chi connectivity index (χ0v) is 14.6. The second-order valence-corrected chi connectivity index (χ2v) is 7.33. The van der Waals surface area contributed by atoms with Crippen LogP contribution in [0, 0.1) is 6.92 Å². The van der Waals surface area contributed by atoms with Gasteiger partial charge in [0.25, 0.3) is 0 Å². The second-order valence-electron chi connectivity index (χ2n) is 6.17. The van der Waals surface area contributed by atoms with E-state index in [1.807, 2.05) is 34.6 Å². The van der Waals surface area contributed by atoms with Crippen LogP contribution in [0.15, 0.2) is 42.5 Å². The molecule has 4 rings (SSSR count). The zero-order valence-electron chi connectivity index (χ0n) is 13.8. The summed E-state index contributed by atoms with van der Waals surface area (Å²) >= 11 is 1.70. The van der Waals surface area contributed by atoms with Gasteiger partial charge in [-0.1, -0.05) is 30.3 Å². The van der Waals surface area contributed by atoms with Gasteiger partial charge < -0.3 is 9.67 Å². The topological polar surface area (TPSA) is 71.2 Å². The van der Waals surface area contributed by atoms with Gasteiger partial charge in [0, 0.05) is 16.3 Å². The van der Waals surface area contributed by atoms with E-state index >= 15 is 0 Å². The quantitative estimate of drug-likeness (QED) is 0.780. The average molecular weight is 354 g/mol. The summed E-state index contributed by atoms with van der Waals surface area (Å²) in [6.45, 7) is 3.34.